The first-order valence-corrected chi connectivity index (χ1v) is 9.27. The van der Waals surface area contributed by atoms with E-state index < -0.39 is 0 Å². The first-order valence-electron chi connectivity index (χ1n) is 9.27. The smallest absolute Gasteiger partial charge is 0.258 e. The minimum absolute atomic E-state index is 0.0304. The third-order valence-corrected chi connectivity index (χ3v) is 5.12. The summed E-state index contributed by atoms with van der Waals surface area (Å²) in [5, 5.41) is 4.27. The number of methoxy groups -OCH3 is 1. The molecule has 2 aromatic heterocycles. The maximum atomic E-state index is 12.2. The van der Waals surface area contributed by atoms with Gasteiger partial charge in [-0.3, -0.25) is 9.78 Å². The van der Waals surface area contributed by atoms with Gasteiger partial charge in [0.2, 0.25) is 5.91 Å². The Balaban J connectivity index is 1.75. The maximum absolute atomic E-state index is 12.2. The summed E-state index contributed by atoms with van der Waals surface area (Å²) in [6.07, 6.45) is 5.71. The van der Waals surface area contributed by atoms with Crippen LogP contribution < -0.4 is 0 Å². The summed E-state index contributed by atoms with van der Waals surface area (Å²) in [5.41, 5.74) is 0.586. The van der Waals surface area contributed by atoms with Crippen molar-refractivity contribution in [3.05, 3.63) is 30.4 Å². The highest BCUT2D eigenvalue weighted by Gasteiger charge is 2.41. The van der Waals surface area contributed by atoms with Crippen molar-refractivity contribution in [3.8, 4) is 11.5 Å². The Morgan fingerprint density at radius 2 is 2.04 bits per heavy atom. The van der Waals surface area contributed by atoms with Gasteiger partial charge in [-0.15, -0.1) is 0 Å². The van der Waals surface area contributed by atoms with Gasteiger partial charge in [-0.05, 0) is 38.3 Å². The third kappa shape index (κ3) is 4.51. The van der Waals surface area contributed by atoms with Crippen molar-refractivity contribution in [1.29, 1.82) is 0 Å². The highest BCUT2D eigenvalue weighted by Crippen LogP contribution is 2.38. The molecule has 1 saturated heterocycles. The largest absolute Gasteiger partial charge is 0.385 e. The fourth-order valence-corrected chi connectivity index (χ4v) is 3.40. The van der Waals surface area contributed by atoms with Gasteiger partial charge in [0.1, 0.15) is 6.61 Å². The Bertz CT molecular complexity index is 726. The number of amides is 1. The monoisotopic (exact) mass is 374 g/mol. The summed E-state index contributed by atoms with van der Waals surface area (Å²) < 4.78 is 16.1. The number of piperidine rings is 1. The van der Waals surface area contributed by atoms with Crippen LogP contribution in [0.15, 0.2) is 29.0 Å². The van der Waals surface area contributed by atoms with Crippen LogP contribution >= 0.6 is 0 Å². The quantitative estimate of drug-likeness (QED) is 0.698. The lowest BCUT2D eigenvalue weighted by Gasteiger charge is -2.39. The van der Waals surface area contributed by atoms with Gasteiger partial charge in [-0.25, -0.2) is 0 Å². The summed E-state index contributed by atoms with van der Waals surface area (Å²) in [6.45, 7) is 4.46. The van der Waals surface area contributed by atoms with Crippen molar-refractivity contribution in [2.45, 2.75) is 31.6 Å². The van der Waals surface area contributed by atoms with E-state index in [1.807, 2.05) is 24.0 Å². The van der Waals surface area contributed by atoms with E-state index in [1.54, 1.807) is 19.5 Å². The minimum atomic E-state index is -0.257. The lowest BCUT2D eigenvalue weighted by atomic mass is 9.75. The minimum Gasteiger partial charge on any atom is -0.385 e. The lowest BCUT2D eigenvalue weighted by molar-refractivity contribution is -0.137. The zero-order valence-corrected chi connectivity index (χ0v) is 15.9. The number of nitrogens with zero attached hydrogens (tertiary/aromatic N) is 4. The molecule has 1 aliphatic rings. The van der Waals surface area contributed by atoms with Crippen LogP contribution in [0.5, 0.6) is 0 Å². The van der Waals surface area contributed by atoms with Crippen molar-refractivity contribution in [1.82, 2.24) is 20.0 Å². The molecule has 3 heterocycles. The topological polar surface area (TPSA) is 90.6 Å². The molecule has 0 saturated carbocycles. The van der Waals surface area contributed by atoms with Gasteiger partial charge in [0.05, 0.1) is 0 Å². The van der Waals surface area contributed by atoms with E-state index in [1.165, 1.54) is 0 Å². The molecule has 146 valence electrons. The molecule has 8 heteroatoms. The predicted molar refractivity (Wildman–Crippen MR) is 98.0 cm³/mol. The normalized spacial score (nSPS) is 16.4. The molecule has 2 aromatic rings. The Morgan fingerprint density at radius 1 is 1.30 bits per heavy atom. The van der Waals surface area contributed by atoms with Crippen molar-refractivity contribution in [2.75, 3.05) is 40.0 Å². The highest BCUT2D eigenvalue weighted by molar-refractivity contribution is 5.77. The van der Waals surface area contributed by atoms with Gasteiger partial charge >= 0.3 is 0 Å². The van der Waals surface area contributed by atoms with Gasteiger partial charge in [0.25, 0.3) is 5.89 Å². The van der Waals surface area contributed by atoms with Gasteiger partial charge in [-0.2, -0.15) is 4.98 Å². The molecular weight excluding hydrogens is 348 g/mol. The fourth-order valence-electron chi connectivity index (χ4n) is 3.40. The molecule has 1 aliphatic heterocycles. The second-order valence-electron chi connectivity index (χ2n) is 6.70. The average molecular weight is 374 g/mol. The lowest BCUT2D eigenvalue weighted by Crippen LogP contribution is -2.47. The van der Waals surface area contributed by atoms with Crippen LogP contribution in [-0.4, -0.2) is 66.0 Å². The van der Waals surface area contributed by atoms with Crippen molar-refractivity contribution in [2.24, 2.45) is 0 Å². The van der Waals surface area contributed by atoms with Crippen molar-refractivity contribution < 1.29 is 18.8 Å². The molecule has 3 rings (SSSR count). The molecule has 0 radical (unpaired) electrons. The number of carbonyl (C=O) groups excluding carboxylic acids is 1. The number of likely N-dealkylation sites (tertiary alicyclic amines) is 1. The first-order chi connectivity index (χ1) is 13.2. The molecule has 0 unspecified atom stereocenters. The Labute approximate surface area is 158 Å². The van der Waals surface area contributed by atoms with E-state index in [-0.39, 0.29) is 17.9 Å². The van der Waals surface area contributed by atoms with E-state index in [0.29, 0.717) is 38.0 Å². The van der Waals surface area contributed by atoms with Crippen molar-refractivity contribution >= 4 is 5.91 Å². The number of pyridine rings is 1. The van der Waals surface area contributed by atoms with Gasteiger partial charge in [0.15, 0.2) is 5.82 Å². The summed E-state index contributed by atoms with van der Waals surface area (Å²) in [6, 6.07) is 3.68. The van der Waals surface area contributed by atoms with Gasteiger partial charge in [0, 0.05) is 56.8 Å². The highest BCUT2D eigenvalue weighted by atomic mass is 16.5. The summed E-state index contributed by atoms with van der Waals surface area (Å²) in [5.74, 6) is 1.20. The summed E-state index contributed by atoms with van der Waals surface area (Å²) >= 11 is 0. The summed E-state index contributed by atoms with van der Waals surface area (Å²) in [4.78, 5) is 22.8. The van der Waals surface area contributed by atoms with Crippen LogP contribution in [0.4, 0.5) is 0 Å². The van der Waals surface area contributed by atoms with Gasteiger partial charge < -0.3 is 18.9 Å². The molecule has 0 bridgehead atoms. The fraction of sp³-hybridized carbons (Fsp3) is 0.579. The van der Waals surface area contributed by atoms with Crippen LogP contribution in [0, 0.1) is 0 Å². The number of ether oxygens (including phenoxy) is 2. The van der Waals surface area contributed by atoms with Crippen LogP contribution in [0.3, 0.4) is 0 Å². The number of hydrogen-bond donors (Lipinski definition) is 0. The molecule has 0 spiro atoms. The molecule has 0 N–H and O–H groups in total. The second kappa shape index (κ2) is 9.05. The Kier molecular flexibility index (Phi) is 6.52. The molecule has 1 amide bonds. The third-order valence-electron chi connectivity index (χ3n) is 5.12. The number of carbonyl (C=O) groups is 1. The molecule has 0 aromatic carbocycles. The Hall–Kier alpha value is -2.32. The molecule has 27 heavy (non-hydrogen) atoms. The standard InChI is InChI=1S/C19H26N4O4/c1-3-26-14-16(24)23-11-6-19(7-12-23,8-13-25-2)18-21-17(27-22-18)15-4-9-20-10-5-15/h4-5,9-10H,3,6-8,11-14H2,1-2H3. The maximum Gasteiger partial charge on any atom is 0.258 e. The van der Waals surface area contributed by atoms with Crippen LogP contribution in [0.1, 0.15) is 32.0 Å². The predicted octanol–water partition coefficient (Wildman–Crippen LogP) is 2.06. The number of hydrogen-bond acceptors (Lipinski definition) is 7. The van der Waals surface area contributed by atoms with E-state index in [0.717, 1.165) is 24.8 Å². The van der Waals surface area contributed by atoms with Crippen LogP contribution in [0.2, 0.25) is 0 Å². The van der Waals surface area contributed by atoms with Gasteiger partial charge in [-0.1, -0.05) is 5.16 Å². The zero-order chi connectivity index (χ0) is 19.1. The van der Waals surface area contributed by atoms with Crippen LogP contribution in [-0.2, 0) is 19.7 Å². The molecular formula is C19H26N4O4. The van der Waals surface area contributed by atoms with Crippen LogP contribution in [0.25, 0.3) is 11.5 Å². The molecule has 0 atom stereocenters. The summed E-state index contributed by atoms with van der Waals surface area (Å²) in [7, 11) is 1.69. The first kappa shape index (κ1) is 19.4. The molecule has 8 nitrogen and oxygen atoms in total. The number of rotatable bonds is 8. The van der Waals surface area contributed by atoms with E-state index in [9.17, 15) is 4.79 Å². The number of aromatic nitrogens is 3. The average Bonchev–Trinajstić information content (AvgIpc) is 3.22. The molecule has 1 fully saturated rings. The molecule has 0 aliphatic carbocycles. The van der Waals surface area contributed by atoms with Crippen molar-refractivity contribution in [3.63, 3.8) is 0 Å². The SMILES string of the molecule is CCOCC(=O)N1CCC(CCOC)(c2noc(-c3ccncc3)n2)CC1. The van der Waals surface area contributed by atoms with E-state index in [4.69, 9.17) is 14.0 Å². The second-order valence-corrected chi connectivity index (χ2v) is 6.70. The van der Waals surface area contributed by atoms with E-state index >= 15 is 0 Å². The zero-order valence-electron chi connectivity index (χ0n) is 15.9. The van der Waals surface area contributed by atoms with E-state index in [2.05, 4.69) is 15.1 Å². The Morgan fingerprint density at radius 3 is 2.70 bits per heavy atom.